The van der Waals surface area contributed by atoms with E-state index in [9.17, 15) is 0 Å². The van der Waals surface area contributed by atoms with Crippen LogP contribution in [0.5, 0.6) is 0 Å². The highest BCUT2D eigenvalue weighted by atomic mass is 14.6. The zero-order chi connectivity index (χ0) is 8.54. The van der Waals surface area contributed by atoms with Crippen LogP contribution in [0.4, 0.5) is 0 Å². The Bertz CT molecular complexity index is 170. The van der Waals surface area contributed by atoms with Crippen LogP contribution in [-0.2, 0) is 0 Å². The van der Waals surface area contributed by atoms with Gasteiger partial charge in [0.25, 0.3) is 0 Å². The SMILES string of the molecule is CC1(C)CC=CC(C)(CN)C1. The second kappa shape index (κ2) is 2.63. The average molecular weight is 153 g/mol. The zero-order valence-corrected chi connectivity index (χ0v) is 7.85. The Kier molecular flexibility index (Phi) is 2.10. The lowest BCUT2D eigenvalue weighted by Gasteiger charge is -2.38. The molecule has 11 heavy (non-hydrogen) atoms. The first-order valence-corrected chi connectivity index (χ1v) is 4.35. The number of allylic oxidation sites excluding steroid dienone is 1. The summed E-state index contributed by atoms with van der Waals surface area (Å²) in [7, 11) is 0. The summed E-state index contributed by atoms with van der Waals surface area (Å²) < 4.78 is 0. The Morgan fingerprint density at radius 3 is 2.36 bits per heavy atom. The van der Waals surface area contributed by atoms with E-state index in [4.69, 9.17) is 5.73 Å². The Morgan fingerprint density at radius 2 is 2.00 bits per heavy atom. The van der Waals surface area contributed by atoms with E-state index in [-0.39, 0.29) is 5.41 Å². The molecule has 0 amide bonds. The van der Waals surface area contributed by atoms with Crippen molar-refractivity contribution in [3.63, 3.8) is 0 Å². The van der Waals surface area contributed by atoms with Gasteiger partial charge in [0, 0.05) is 6.54 Å². The molecule has 0 bridgehead atoms. The summed E-state index contributed by atoms with van der Waals surface area (Å²) >= 11 is 0. The molecular weight excluding hydrogens is 134 g/mol. The molecule has 0 aromatic carbocycles. The fraction of sp³-hybridized carbons (Fsp3) is 0.800. The van der Waals surface area contributed by atoms with E-state index in [0.29, 0.717) is 5.41 Å². The molecule has 2 N–H and O–H groups in total. The van der Waals surface area contributed by atoms with Crippen molar-refractivity contribution in [3.8, 4) is 0 Å². The third-order valence-corrected chi connectivity index (χ3v) is 2.54. The minimum atomic E-state index is 0.252. The minimum absolute atomic E-state index is 0.252. The molecule has 0 aromatic heterocycles. The molecule has 1 heteroatoms. The lowest BCUT2D eigenvalue weighted by molar-refractivity contribution is 0.212. The van der Waals surface area contributed by atoms with Gasteiger partial charge in [-0.1, -0.05) is 32.9 Å². The maximum atomic E-state index is 5.71. The Balaban J connectivity index is 2.74. The van der Waals surface area contributed by atoms with Crippen LogP contribution in [0.3, 0.4) is 0 Å². The van der Waals surface area contributed by atoms with Crippen LogP contribution in [0, 0.1) is 10.8 Å². The maximum absolute atomic E-state index is 5.71. The van der Waals surface area contributed by atoms with Gasteiger partial charge in [0.05, 0.1) is 0 Å². The van der Waals surface area contributed by atoms with Gasteiger partial charge in [-0.15, -0.1) is 0 Å². The van der Waals surface area contributed by atoms with E-state index in [2.05, 4.69) is 32.9 Å². The van der Waals surface area contributed by atoms with Gasteiger partial charge in [-0.3, -0.25) is 0 Å². The van der Waals surface area contributed by atoms with Crippen molar-refractivity contribution in [1.82, 2.24) is 0 Å². The summed E-state index contributed by atoms with van der Waals surface area (Å²) in [6.45, 7) is 7.63. The molecule has 0 aromatic rings. The van der Waals surface area contributed by atoms with E-state index in [1.807, 2.05) is 0 Å². The Morgan fingerprint density at radius 1 is 1.36 bits per heavy atom. The highest BCUT2D eigenvalue weighted by molar-refractivity contribution is 5.06. The maximum Gasteiger partial charge on any atom is 0.00117 e. The Labute approximate surface area is 69.7 Å². The van der Waals surface area contributed by atoms with Gasteiger partial charge in [0.1, 0.15) is 0 Å². The van der Waals surface area contributed by atoms with Crippen molar-refractivity contribution in [2.24, 2.45) is 16.6 Å². The first-order chi connectivity index (χ1) is 4.97. The number of hydrogen-bond acceptors (Lipinski definition) is 1. The summed E-state index contributed by atoms with van der Waals surface area (Å²) in [4.78, 5) is 0. The number of hydrogen-bond donors (Lipinski definition) is 1. The van der Waals surface area contributed by atoms with Crippen LogP contribution in [0.1, 0.15) is 33.6 Å². The molecular formula is C10H19N. The lowest BCUT2D eigenvalue weighted by Crippen LogP contribution is -2.33. The van der Waals surface area contributed by atoms with Crippen molar-refractivity contribution in [3.05, 3.63) is 12.2 Å². The lowest BCUT2D eigenvalue weighted by atomic mass is 9.68. The minimum Gasteiger partial charge on any atom is -0.330 e. The van der Waals surface area contributed by atoms with E-state index in [1.54, 1.807) is 0 Å². The van der Waals surface area contributed by atoms with E-state index in [0.717, 1.165) is 6.54 Å². The molecule has 0 spiro atoms. The van der Waals surface area contributed by atoms with Crippen molar-refractivity contribution >= 4 is 0 Å². The second-order valence-corrected chi connectivity index (χ2v) is 4.81. The largest absolute Gasteiger partial charge is 0.330 e. The molecule has 1 aliphatic rings. The number of nitrogens with two attached hydrogens (primary N) is 1. The first-order valence-electron chi connectivity index (χ1n) is 4.35. The first kappa shape index (κ1) is 8.79. The van der Waals surface area contributed by atoms with E-state index in [1.165, 1.54) is 12.8 Å². The predicted octanol–water partition coefficient (Wildman–Crippen LogP) is 2.33. The topological polar surface area (TPSA) is 26.0 Å². The molecule has 0 radical (unpaired) electrons. The quantitative estimate of drug-likeness (QED) is 0.575. The van der Waals surface area contributed by atoms with Crippen molar-refractivity contribution in [1.29, 1.82) is 0 Å². The standard InChI is InChI=1S/C10H19N/c1-9(2)5-4-6-10(3,7-9)8-11/h4,6H,5,7-8,11H2,1-3H3. The van der Waals surface area contributed by atoms with Gasteiger partial charge in [0.15, 0.2) is 0 Å². The molecule has 1 unspecified atom stereocenters. The summed E-state index contributed by atoms with van der Waals surface area (Å²) in [5, 5.41) is 0. The molecule has 0 aliphatic heterocycles. The Hall–Kier alpha value is -0.300. The van der Waals surface area contributed by atoms with Crippen LogP contribution in [-0.4, -0.2) is 6.54 Å². The second-order valence-electron chi connectivity index (χ2n) is 4.81. The van der Waals surface area contributed by atoms with Gasteiger partial charge in [-0.05, 0) is 23.7 Å². The van der Waals surface area contributed by atoms with Crippen molar-refractivity contribution in [2.45, 2.75) is 33.6 Å². The summed E-state index contributed by atoms with van der Waals surface area (Å²) in [6.07, 6.45) is 6.96. The molecule has 0 saturated carbocycles. The van der Waals surface area contributed by atoms with Crippen LogP contribution < -0.4 is 5.73 Å². The predicted molar refractivity (Wildman–Crippen MR) is 49.3 cm³/mol. The van der Waals surface area contributed by atoms with Crippen LogP contribution in [0.2, 0.25) is 0 Å². The van der Waals surface area contributed by atoms with Crippen LogP contribution in [0.15, 0.2) is 12.2 Å². The number of rotatable bonds is 1. The normalized spacial score (nSPS) is 35.6. The fourth-order valence-corrected chi connectivity index (χ4v) is 2.03. The van der Waals surface area contributed by atoms with E-state index < -0.39 is 0 Å². The van der Waals surface area contributed by atoms with Crippen LogP contribution in [0.25, 0.3) is 0 Å². The molecule has 1 atom stereocenters. The van der Waals surface area contributed by atoms with Gasteiger partial charge < -0.3 is 5.73 Å². The molecule has 0 heterocycles. The monoisotopic (exact) mass is 153 g/mol. The molecule has 64 valence electrons. The summed E-state index contributed by atoms with van der Waals surface area (Å²) in [6, 6.07) is 0. The summed E-state index contributed by atoms with van der Waals surface area (Å²) in [5.74, 6) is 0. The van der Waals surface area contributed by atoms with Crippen molar-refractivity contribution < 1.29 is 0 Å². The molecule has 1 nitrogen and oxygen atoms in total. The smallest absolute Gasteiger partial charge is 0.00117 e. The van der Waals surface area contributed by atoms with Gasteiger partial charge >= 0.3 is 0 Å². The van der Waals surface area contributed by atoms with Gasteiger partial charge in [-0.2, -0.15) is 0 Å². The molecule has 0 saturated heterocycles. The third kappa shape index (κ3) is 2.06. The van der Waals surface area contributed by atoms with Crippen molar-refractivity contribution in [2.75, 3.05) is 6.54 Å². The third-order valence-electron chi connectivity index (χ3n) is 2.54. The molecule has 1 aliphatic carbocycles. The highest BCUT2D eigenvalue weighted by Gasteiger charge is 2.31. The highest BCUT2D eigenvalue weighted by Crippen LogP contribution is 2.40. The molecule has 0 fully saturated rings. The summed E-state index contributed by atoms with van der Waals surface area (Å²) in [5.41, 5.74) is 6.41. The van der Waals surface area contributed by atoms with Crippen LogP contribution >= 0.6 is 0 Å². The zero-order valence-electron chi connectivity index (χ0n) is 7.85. The van der Waals surface area contributed by atoms with E-state index >= 15 is 0 Å². The fourth-order valence-electron chi connectivity index (χ4n) is 2.03. The average Bonchev–Trinajstić information content (AvgIpc) is 1.85. The van der Waals surface area contributed by atoms with Gasteiger partial charge in [-0.25, -0.2) is 0 Å². The van der Waals surface area contributed by atoms with Gasteiger partial charge in [0.2, 0.25) is 0 Å². The molecule has 1 rings (SSSR count).